The minimum atomic E-state index is 0.520. The molecule has 1 nitrogen and oxygen atoms in total. The summed E-state index contributed by atoms with van der Waals surface area (Å²) in [6.07, 6.45) is 5.38. The molecular formula is C12H21N. The van der Waals surface area contributed by atoms with E-state index >= 15 is 0 Å². The molecule has 1 heteroatoms. The first-order valence-corrected chi connectivity index (χ1v) is 5.61. The molecule has 0 aliphatic carbocycles. The van der Waals surface area contributed by atoms with Gasteiger partial charge in [0, 0.05) is 12.1 Å². The third-order valence-electron chi connectivity index (χ3n) is 4.17. The van der Waals surface area contributed by atoms with Gasteiger partial charge in [-0.1, -0.05) is 32.4 Å². The van der Waals surface area contributed by atoms with Crippen LogP contribution in [-0.4, -0.2) is 23.5 Å². The van der Waals surface area contributed by atoms with Crippen LogP contribution in [0.5, 0.6) is 0 Å². The average molecular weight is 179 g/mol. The molecule has 2 saturated heterocycles. The molecule has 0 aromatic rings. The van der Waals surface area contributed by atoms with Crippen molar-refractivity contribution in [3.8, 4) is 0 Å². The van der Waals surface area contributed by atoms with Gasteiger partial charge in [-0.2, -0.15) is 0 Å². The molecule has 2 aliphatic heterocycles. The lowest BCUT2D eigenvalue weighted by Gasteiger charge is -2.37. The Morgan fingerprint density at radius 2 is 2.38 bits per heavy atom. The fourth-order valence-corrected chi connectivity index (χ4v) is 3.26. The topological polar surface area (TPSA) is 3.24 Å². The summed E-state index contributed by atoms with van der Waals surface area (Å²) in [6, 6.07) is 0. The van der Waals surface area contributed by atoms with Crippen LogP contribution in [0.15, 0.2) is 12.2 Å². The molecule has 13 heavy (non-hydrogen) atoms. The Labute approximate surface area is 81.8 Å². The Kier molecular flexibility index (Phi) is 2.23. The molecule has 2 aliphatic rings. The second kappa shape index (κ2) is 3.13. The summed E-state index contributed by atoms with van der Waals surface area (Å²) in [5.41, 5.74) is 1.98. The van der Waals surface area contributed by atoms with Crippen molar-refractivity contribution in [3.63, 3.8) is 0 Å². The van der Waals surface area contributed by atoms with Crippen molar-refractivity contribution in [2.24, 2.45) is 5.92 Å². The lowest BCUT2D eigenvalue weighted by atomic mass is 9.79. The maximum atomic E-state index is 4.16. The van der Waals surface area contributed by atoms with Gasteiger partial charge in [0.2, 0.25) is 0 Å². The first kappa shape index (κ1) is 9.26. The minimum absolute atomic E-state index is 0.520. The summed E-state index contributed by atoms with van der Waals surface area (Å²) in [6.45, 7) is 11.4. The van der Waals surface area contributed by atoms with Crippen LogP contribution >= 0.6 is 0 Å². The van der Waals surface area contributed by atoms with E-state index in [0.717, 1.165) is 5.92 Å². The van der Waals surface area contributed by atoms with Crippen LogP contribution in [0, 0.1) is 5.92 Å². The van der Waals surface area contributed by atoms with Crippen molar-refractivity contribution < 1.29 is 0 Å². The number of hydrogen-bond donors (Lipinski definition) is 0. The van der Waals surface area contributed by atoms with Crippen molar-refractivity contribution in [1.82, 2.24) is 4.90 Å². The van der Waals surface area contributed by atoms with Crippen molar-refractivity contribution >= 4 is 0 Å². The SMILES string of the molecule is C=C1CN2CCCC2(C(C)CC)C1. The maximum Gasteiger partial charge on any atom is 0.0276 e. The fourth-order valence-electron chi connectivity index (χ4n) is 3.26. The van der Waals surface area contributed by atoms with Gasteiger partial charge in [0.15, 0.2) is 0 Å². The molecule has 2 rings (SSSR count). The lowest BCUT2D eigenvalue weighted by molar-refractivity contribution is 0.123. The van der Waals surface area contributed by atoms with Gasteiger partial charge in [0.25, 0.3) is 0 Å². The highest BCUT2D eigenvalue weighted by Gasteiger charge is 2.48. The Balaban J connectivity index is 2.22. The van der Waals surface area contributed by atoms with Crippen molar-refractivity contribution in [2.75, 3.05) is 13.1 Å². The summed E-state index contributed by atoms with van der Waals surface area (Å²) in [4.78, 5) is 2.68. The van der Waals surface area contributed by atoms with E-state index in [1.807, 2.05) is 0 Å². The standard InChI is InChI=1S/C12H21N/c1-4-11(3)12-6-5-7-13(12)9-10(2)8-12/h11H,2,4-9H2,1,3H3. The third-order valence-corrected chi connectivity index (χ3v) is 4.17. The molecule has 74 valence electrons. The van der Waals surface area contributed by atoms with Crippen LogP contribution in [0.2, 0.25) is 0 Å². The van der Waals surface area contributed by atoms with Gasteiger partial charge in [-0.25, -0.2) is 0 Å². The Hall–Kier alpha value is -0.300. The zero-order valence-corrected chi connectivity index (χ0v) is 8.97. The van der Waals surface area contributed by atoms with E-state index in [4.69, 9.17) is 0 Å². The van der Waals surface area contributed by atoms with E-state index < -0.39 is 0 Å². The molecule has 2 atom stereocenters. The molecule has 0 aromatic carbocycles. The minimum Gasteiger partial charge on any atom is -0.293 e. The second-order valence-electron chi connectivity index (χ2n) is 4.86. The number of fused-ring (bicyclic) bond motifs is 1. The fraction of sp³-hybridized carbons (Fsp3) is 0.833. The smallest absolute Gasteiger partial charge is 0.0276 e. The van der Waals surface area contributed by atoms with E-state index in [9.17, 15) is 0 Å². The maximum absolute atomic E-state index is 4.16. The van der Waals surface area contributed by atoms with Crippen LogP contribution in [0.4, 0.5) is 0 Å². The summed E-state index contributed by atoms with van der Waals surface area (Å²) in [5.74, 6) is 0.842. The monoisotopic (exact) mass is 179 g/mol. The second-order valence-corrected chi connectivity index (χ2v) is 4.86. The molecule has 0 spiro atoms. The van der Waals surface area contributed by atoms with Crippen LogP contribution in [0.1, 0.15) is 39.5 Å². The van der Waals surface area contributed by atoms with E-state index in [1.54, 1.807) is 0 Å². The molecule has 0 amide bonds. The number of nitrogens with zero attached hydrogens (tertiary/aromatic N) is 1. The van der Waals surface area contributed by atoms with E-state index in [1.165, 1.54) is 44.3 Å². The molecular weight excluding hydrogens is 158 g/mol. The Morgan fingerprint density at radius 3 is 3.08 bits per heavy atom. The van der Waals surface area contributed by atoms with Gasteiger partial charge in [0.05, 0.1) is 0 Å². The van der Waals surface area contributed by atoms with Gasteiger partial charge in [-0.15, -0.1) is 0 Å². The molecule has 0 N–H and O–H groups in total. The summed E-state index contributed by atoms with van der Waals surface area (Å²) in [5, 5.41) is 0. The van der Waals surface area contributed by atoms with Gasteiger partial charge in [-0.05, 0) is 31.7 Å². The van der Waals surface area contributed by atoms with Crippen molar-refractivity contribution in [3.05, 3.63) is 12.2 Å². The predicted molar refractivity (Wildman–Crippen MR) is 56.8 cm³/mol. The van der Waals surface area contributed by atoms with Crippen LogP contribution < -0.4 is 0 Å². The lowest BCUT2D eigenvalue weighted by Crippen LogP contribution is -2.43. The Bertz CT molecular complexity index is 221. The summed E-state index contributed by atoms with van der Waals surface area (Å²) >= 11 is 0. The van der Waals surface area contributed by atoms with Gasteiger partial charge in [0.1, 0.15) is 0 Å². The normalized spacial score (nSPS) is 36.6. The predicted octanol–water partition coefficient (Wildman–Crippen LogP) is 2.83. The van der Waals surface area contributed by atoms with Gasteiger partial charge in [-0.3, -0.25) is 4.90 Å². The number of rotatable bonds is 2. The highest BCUT2D eigenvalue weighted by atomic mass is 15.2. The average Bonchev–Trinajstić information content (AvgIpc) is 2.59. The molecule has 2 heterocycles. The van der Waals surface area contributed by atoms with Crippen LogP contribution in [0.25, 0.3) is 0 Å². The van der Waals surface area contributed by atoms with E-state index in [2.05, 4.69) is 25.3 Å². The molecule has 0 radical (unpaired) electrons. The first-order chi connectivity index (χ1) is 6.19. The zero-order chi connectivity index (χ0) is 9.47. The summed E-state index contributed by atoms with van der Waals surface area (Å²) in [7, 11) is 0. The van der Waals surface area contributed by atoms with Gasteiger partial charge < -0.3 is 0 Å². The molecule has 0 bridgehead atoms. The summed E-state index contributed by atoms with van der Waals surface area (Å²) < 4.78 is 0. The van der Waals surface area contributed by atoms with Crippen LogP contribution in [-0.2, 0) is 0 Å². The third kappa shape index (κ3) is 1.25. The zero-order valence-electron chi connectivity index (χ0n) is 8.97. The molecule has 2 unspecified atom stereocenters. The number of hydrogen-bond acceptors (Lipinski definition) is 1. The van der Waals surface area contributed by atoms with Gasteiger partial charge >= 0.3 is 0 Å². The van der Waals surface area contributed by atoms with Crippen molar-refractivity contribution in [2.45, 2.75) is 45.1 Å². The largest absolute Gasteiger partial charge is 0.293 e. The molecule has 2 fully saturated rings. The quantitative estimate of drug-likeness (QED) is 0.589. The van der Waals surface area contributed by atoms with Crippen molar-refractivity contribution in [1.29, 1.82) is 0 Å². The Morgan fingerprint density at radius 1 is 1.62 bits per heavy atom. The highest BCUT2D eigenvalue weighted by molar-refractivity contribution is 5.18. The first-order valence-electron chi connectivity index (χ1n) is 5.61. The molecule has 0 saturated carbocycles. The van der Waals surface area contributed by atoms with E-state index in [0.29, 0.717) is 5.54 Å². The van der Waals surface area contributed by atoms with Crippen LogP contribution in [0.3, 0.4) is 0 Å². The molecule has 0 aromatic heterocycles. The van der Waals surface area contributed by atoms with E-state index in [-0.39, 0.29) is 0 Å². The highest BCUT2D eigenvalue weighted by Crippen LogP contribution is 2.46.